The standard InChI is InChI=1S/C8H6N6O2S/c15-8(16)14(17,6-10-2-1-3-11-6)7-12-4-9-5-13-7/h1-5,17H. The highest BCUT2D eigenvalue weighted by atomic mass is 32.1. The van der Waals surface area contributed by atoms with Gasteiger partial charge < -0.3 is 9.90 Å². The predicted molar refractivity (Wildman–Crippen MR) is 57.7 cm³/mol. The third-order valence-electron chi connectivity index (χ3n) is 1.87. The Balaban J connectivity index is 2.59. The summed E-state index contributed by atoms with van der Waals surface area (Å²) in [5, 5.41) is 11.2. The molecular weight excluding hydrogens is 244 g/mol. The molecule has 2 heterocycles. The second-order valence-corrected chi connectivity index (χ2v) is 3.49. The number of rotatable bonds is 2. The van der Waals surface area contributed by atoms with Crippen LogP contribution in [0.2, 0.25) is 0 Å². The molecule has 1 amide bonds. The molecule has 0 aliphatic carbocycles. The average molecular weight is 250 g/mol. The van der Waals surface area contributed by atoms with E-state index in [0.717, 1.165) is 12.7 Å². The lowest BCUT2D eigenvalue weighted by Crippen LogP contribution is -2.51. The summed E-state index contributed by atoms with van der Waals surface area (Å²) in [4.78, 5) is 29.9. The summed E-state index contributed by atoms with van der Waals surface area (Å²) in [6, 6.07) is 1.55. The number of amides is 1. The summed E-state index contributed by atoms with van der Waals surface area (Å²) in [6.45, 7) is 0. The fourth-order valence-electron chi connectivity index (χ4n) is 1.11. The van der Waals surface area contributed by atoms with Crippen LogP contribution in [0.15, 0.2) is 31.1 Å². The molecule has 0 saturated heterocycles. The van der Waals surface area contributed by atoms with Gasteiger partial charge in [0.15, 0.2) is 0 Å². The fourth-order valence-corrected chi connectivity index (χ4v) is 1.32. The summed E-state index contributed by atoms with van der Waals surface area (Å²) in [5.41, 5.74) is 0. The highest BCUT2D eigenvalue weighted by molar-refractivity contribution is 7.80. The molecule has 17 heavy (non-hydrogen) atoms. The van der Waals surface area contributed by atoms with Gasteiger partial charge in [-0.05, 0) is 6.07 Å². The van der Waals surface area contributed by atoms with Crippen LogP contribution in [-0.2, 0) is 0 Å². The number of hydrogen-bond donors (Lipinski definition) is 1. The molecule has 0 N–H and O–H groups in total. The minimum atomic E-state index is -1.56. The molecule has 1 atom stereocenters. The van der Waals surface area contributed by atoms with Crippen molar-refractivity contribution in [3.63, 3.8) is 0 Å². The van der Waals surface area contributed by atoms with Crippen molar-refractivity contribution in [1.29, 1.82) is 0 Å². The monoisotopic (exact) mass is 250 g/mol. The van der Waals surface area contributed by atoms with Crippen LogP contribution in [0.5, 0.6) is 0 Å². The van der Waals surface area contributed by atoms with Gasteiger partial charge in [0.1, 0.15) is 12.7 Å². The Morgan fingerprint density at radius 2 is 1.65 bits per heavy atom. The second-order valence-electron chi connectivity index (χ2n) is 2.89. The number of carbonyl (C=O) groups is 1. The summed E-state index contributed by atoms with van der Waals surface area (Å²) in [5.74, 6) is -0.281. The van der Waals surface area contributed by atoms with Crippen LogP contribution in [0, 0.1) is 0 Å². The first-order valence-corrected chi connectivity index (χ1v) is 4.79. The van der Waals surface area contributed by atoms with Crippen LogP contribution in [0.25, 0.3) is 0 Å². The SMILES string of the molecule is O=C([O-])[N+](S)(c1ncccn1)c1ncncn1. The molecule has 0 aromatic carbocycles. The van der Waals surface area contributed by atoms with Crippen molar-refractivity contribution >= 4 is 30.8 Å². The van der Waals surface area contributed by atoms with Crippen molar-refractivity contribution in [1.82, 2.24) is 28.8 Å². The Labute approximate surface area is 101 Å². The molecule has 0 bridgehead atoms. The zero-order valence-corrected chi connectivity index (χ0v) is 9.23. The van der Waals surface area contributed by atoms with E-state index in [1.807, 2.05) is 0 Å². The van der Waals surface area contributed by atoms with Crippen LogP contribution in [-0.4, -0.2) is 31.0 Å². The summed E-state index contributed by atoms with van der Waals surface area (Å²) >= 11 is 3.99. The van der Waals surface area contributed by atoms with Crippen LogP contribution in [0.4, 0.5) is 16.7 Å². The van der Waals surface area contributed by atoms with Gasteiger partial charge in [-0.3, -0.25) is 0 Å². The van der Waals surface area contributed by atoms with Crippen LogP contribution >= 0.6 is 12.8 Å². The first kappa shape index (κ1) is 11.4. The molecular formula is C8H6N6O2S. The fraction of sp³-hybridized carbons (Fsp3) is 0. The van der Waals surface area contributed by atoms with Crippen molar-refractivity contribution in [3.8, 4) is 0 Å². The summed E-state index contributed by atoms with van der Waals surface area (Å²) in [6.07, 6.45) is 3.51. The van der Waals surface area contributed by atoms with Crippen LogP contribution in [0.3, 0.4) is 0 Å². The van der Waals surface area contributed by atoms with Crippen molar-refractivity contribution in [2.45, 2.75) is 0 Å². The molecule has 0 aliphatic rings. The van der Waals surface area contributed by atoms with Crippen molar-refractivity contribution in [3.05, 3.63) is 31.1 Å². The molecule has 2 aromatic rings. The largest absolute Gasteiger partial charge is 0.497 e. The predicted octanol–water partition coefficient (Wildman–Crippen LogP) is -0.511. The smallest absolute Gasteiger partial charge is 0.357 e. The van der Waals surface area contributed by atoms with E-state index in [9.17, 15) is 9.90 Å². The molecule has 2 aromatic heterocycles. The van der Waals surface area contributed by atoms with Gasteiger partial charge >= 0.3 is 11.9 Å². The minimum absolute atomic E-state index is 0.123. The van der Waals surface area contributed by atoms with Crippen LogP contribution in [0.1, 0.15) is 0 Å². The highest BCUT2D eigenvalue weighted by Gasteiger charge is 2.39. The lowest BCUT2D eigenvalue weighted by Gasteiger charge is -2.23. The van der Waals surface area contributed by atoms with E-state index in [0.29, 0.717) is 0 Å². The topological polar surface area (TPSA) is 105 Å². The molecule has 0 spiro atoms. The van der Waals surface area contributed by atoms with Gasteiger partial charge in [0.25, 0.3) is 6.09 Å². The Morgan fingerprint density at radius 1 is 1.12 bits per heavy atom. The average Bonchev–Trinajstić information content (AvgIpc) is 2.39. The van der Waals surface area contributed by atoms with Gasteiger partial charge in [0.2, 0.25) is 0 Å². The molecule has 86 valence electrons. The number of carboxylic acid groups (broad SMARTS) is 1. The van der Waals surface area contributed by atoms with Gasteiger partial charge in [-0.2, -0.15) is 19.9 Å². The first-order valence-electron chi connectivity index (χ1n) is 4.39. The third kappa shape index (κ3) is 1.92. The molecule has 0 aliphatic heterocycles. The summed E-state index contributed by atoms with van der Waals surface area (Å²) in [7, 11) is 0. The van der Waals surface area contributed by atoms with Crippen molar-refractivity contribution < 1.29 is 9.90 Å². The number of aromatic nitrogens is 5. The normalized spacial score (nSPS) is 13.9. The quantitative estimate of drug-likeness (QED) is 0.565. The molecule has 1 unspecified atom stereocenters. The van der Waals surface area contributed by atoms with Gasteiger partial charge in [0.05, 0.1) is 12.8 Å². The number of nitrogens with zero attached hydrogens (tertiary/aromatic N) is 6. The number of hydrogen-bond acceptors (Lipinski definition) is 8. The Bertz CT molecular complexity index is 483. The minimum Gasteiger partial charge on any atom is -0.497 e. The maximum atomic E-state index is 11.2. The van der Waals surface area contributed by atoms with Gasteiger partial charge in [-0.1, -0.05) is 3.89 Å². The first-order chi connectivity index (χ1) is 8.15. The molecule has 0 radical (unpaired) electrons. The van der Waals surface area contributed by atoms with E-state index in [1.54, 1.807) is 6.07 Å². The van der Waals surface area contributed by atoms with E-state index in [1.165, 1.54) is 12.4 Å². The van der Waals surface area contributed by atoms with Gasteiger partial charge in [0, 0.05) is 12.4 Å². The molecule has 0 fully saturated rings. The second kappa shape index (κ2) is 4.39. The number of thiol groups is 1. The molecule has 8 nitrogen and oxygen atoms in total. The van der Waals surface area contributed by atoms with Crippen LogP contribution < -0.4 is 8.99 Å². The maximum Gasteiger partial charge on any atom is 0.357 e. The lowest BCUT2D eigenvalue weighted by atomic mass is 10.6. The highest BCUT2D eigenvalue weighted by Crippen LogP contribution is 2.29. The number of quaternary nitrogens is 1. The number of carbonyl (C=O) groups excluding carboxylic acids is 1. The van der Waals surface area contributed by atoms with E-state index in [4.69, 9.17) is 0 Å². The molecule has 2 rings (SSSR count). The van der Waals surface area contributed by atoms with Gasteiger partial charge in [-0.15, -0.1) is 0 Å². The van der Waals surface area contributed by atoms with Crippen molar-refractivity contribution in [2.24, 2.45) is 0 Å². The Morgan fingerprint density at radius 3 is 2.18 bits per heavy atom. The van der Waals surface area contributed by atoms with Gasteiger partial charge in [-0.25, -0.2) is 4.98 Å². The van der Waals surface area contributed by atoms with Crippen molar-refractivity contribution in [2.75, 3.05) is 0 Å². The molecule has 9 heteroatoms. The summed E-state index contributed by atoms with van der Waals surface area (Å²) < 4.78 is -1.15. The lowest BCUT2D eigenvalue weighted by molar-refractivity contribution is -0.255. The zero-order chi connectivity index (χ0) is 12.3. The Kier molecular flexibility index (Phi) is 2.93. The van der Waals surface area contributed by atoms with E-state index in [2.05, 4.69) is 37.7 Å². The maximum absolute atomic E-state index is 11.2. The third-order valence-corrected chi connectivity index (χ3v) is 2.40. The zero-order valence-electron chi connectivity index (χ0n) is 8.33. The van der Waals surface area contributed by atoms with E-state index in [-0.39, 0.29) is 11.9 Å². The Hall–Kier alpha value is -2.13. The molecule has 0 saturated carbocycles. The van der Waals surface area contributed by atoms with E-state index < -0.39 is 9.98 Å². The van der Waals surface area contributed by atoms with E-state index >= 15 is 0 Å².